The van der Waals surface area contributed by atoms with Gasteiger partial charge in [0, 0.05) is 49.8 Å². The van der Waals surface area contributed by atoms with Gasteiger partial charge in [-0.1, -0.05) is 46.2 Å². The summed E-state index contributed by atoms with van der Waals surface area (Å²) < 4.78 is 1.78. The fourth-order valence-corrected chi connectivity index (χ4v) is 3.39. The molecule has 150 valence electrons. The molecule has 0 aliphatic carbocycles. The van der Waals surface area contributed by atoms with Crippen LogP contribution in [0.5, 0.6) is 0 Å². The second-order valence-electron chi connectivity index (χ2n) is 8.57. The van der Waals surface area contributed by atoms with Crippen LogP contribution < -0.4 is 0 Å². The van der Waals surface area contributed by atoms with Crippen LogP contribution in [0.2, 0.25) is 5.15 Å². The maximum atomic E-state index is 12.5. The topological polar surface area (TPSA) is 58.4 Å². The van der Waals surface area contributed by atoms with Crippen LogP contribution in [0, 0.1) is 18.3 Å². The van der Waals surface area contributed by atoms with E-state index >= 15 is 0 Å². The molecule has 6 nitrogen and oxygen atoms in total. The molecule has 1 fully saturated rings. The molecule has 27 heavy (non-hydrogen) atoms. The molecular weight excluding hydrogens is 364 g/mol. The van der Waals surface area contributed by atoms with Gasteiger partial charge < -0.3 is 9.80 Å². The molecule has 1 aromatic heterocycles. The van der Waals surface area contributed by atoms with Crippen LogP contribution >= 0.6 is 11.6 Å². The summed E-state index contributed by atoms with van der Waals surface area (Å²) in [5.41, 5.74) is 1.20. The number of aryl methyl sites for hydroxylation is 1. The summed E-state index contributed by atoms with van der Waals surface area (Å²) in [5.74, 6) is 0.502. The summed E-state index contributed by atoms with van der Waals surface area (Å²) in [4.78, 5) is 28.5. The Labute approximate surface area is 167 Å². The Hall–Kier alpha value is -1.82. The third kappa shape index (κ3) is 5.34. The van der Waals surface area contributed by atoms with Crippen LogP contribution in [-0.4, -0.2) is 57.6 Å². The van der Waals surface area contributed by atoms with Crippen LogP contribution in [0.3, 0.4) is 0 Å². The molecule has 0 spiro atoms. The molecule has 2 amide bonds. The number of aromatic nitrogens is 2. The SMILES string of the molecule is Cc1nn(CC(C)C)c(Cl)c1/C=C/C(=O)N1CCN(C(=O)C(C)(C)C)CC1. The van der Waals surface area contributed by atoms with E-state index in [1.54, 1.807) is 21.7 Å². The molecule has 0 radical (unpaired) electrons. The van der Waals surface area contributed by atoms with Crippen molar-refractivity contribution < 1.29 is 9.59 Å². The number of carbonyl (C=O) groups is 2. The molecular formula is C20H31ClN4O2. The van der Waals surface area contributed by atoms with Gasteiger partial charge in [0.2, 0.25) is 11.8 Å². The van der Waals surface area contributed by atoms with Crippen molar-refractivity contribution in [2.24, 2.45) is 11.3 Å². The van der Waals surface area contributed by atoms with Crippen molar-refractivity contribution in [3.8, 4) is 0 Å². The van der Waals surface area contributed by atoms with Gasteiger partial charge in [-0.2, -0.15) is 5.10 Å². The molecule has 0 atom stereocenters. The molecule has 0 N–H and O–H groups in total. The van der Waals surface area contributed by atoms with Crippen LogP contribution in [-0.2, 0) is 16.1 Å². The van der Waals surface area contributed by atoms with Crippen molar-refractivity contribution in [2.75, 3.05) is 26.2 Å². The fourth-order valence-electron chi connectivity index (χ4n) is 3.09. The quantitative estimate of drug-likeness (QED) is 0.736. The van der Waals surface area contributed by atoms with Crippen molar-refractivity contribution in [3.05, 3.63) is 22.5 Å². The zero-order valence-electron chi connectivity index (χ0n) is 17.3. The predicted octanol–water partition coefficient (Wildman–Crippen LogP) is 3.23. The van der Waals surface area contributed by atoms with Gasteiger partial charge in [0.1, 0.15) is 5.15 Å². The summed E-state index contributed by atoms with van der Waals surface area (Å²) in [7, 11) is 0. The second kappa shape index (κ2) is 8.46. The van der Waals surface area contributed by atoms with Gasteiger partial charge in [-0.25, -0.2) is 0 Å². The van der Waals surface area contributed by atoms with E-state index in [0.717, 1.165) is 17.8 Å². The molecule has 2 rings (SSSR count). The van der Waals surface area contributed by atoms with Crippen LogP contribution in [0.1, 0.15) is 45.9 Å². The van der Waals surface area contributed by atoms with Crippen molar-refractivity contribution in [1.29, 1.82) is 0 Å². The average molecular weight is 395 g/mol. The summed E-state index contributed by atoms with van der Waals surface area (Å²) >= 11 is 6.42. The zero-order valence-corrected chi connectivity index (χ0v) is 18.0. The minimum absolute atomic E-state index is 0.0649. The van der Waals surface area contributed by atoms with Crippen LogP contribution in [0.25, 0.3) is 6.08 Å². The Morgan fingerprint density at radius 3 is 2.22 bits per heavy atom. The zero-order chi connectivity index (χ0) is 20.4. The molecule has 1 aromatic rings. The van der Waals surface area contributed by atoms with Gasteiger partial charge in [0.05, 0.1) is 5.69 Å². The Kier molecular flexibility index (Phi) is 6.73. The number of hydrogen-bond acceptors (Lipinski definition) is 3. The van der Waals surface area contributed by atoms with Gasteiger partial charge in [-0.05, 0) is 18.9 Å². The Bertz CT molecular complexity index is 723. The van der Waals surface area contributed by atoms with E-state index in [2.05, 4.69) is 18.9 Å². The molecule has 7 heteroatoms. The maximum absolute atomic E-state index is 12.5. The molecule has 0 unspecified atom stereocenters. The minimum Gasteiger partial charge on any atom is -0.339 e. The first-order valence-corrected chi connectivity index (χ1v) is 9.87. The smallest absolute Gasteiger partial charge is 0.246 e. The second-order valence-corrected chi connectivity index (χ2v) is 8.92. The molecule has 0 saturated carbocycles. The number of carbonyl (C=O) groups excluding carboxylic acids is 2. The van der Waals surface area contributed by atoms with Crippen LogP contribution in [0.4, 0.5) is 0 Å². The largest absolute Gasteiger partial charge is 0.339 e. The Morgan fingerprint density at radius 2 is 1.70 bits per heavy atom. The van der Waals surface area contributed by atoms with Gasteiger partial charge in [-0.15, -0.1) is 0 Å². The van der Waals surface area contributed by atoms with Gasteiger partial charge >= 0.3 is 0 Å². The van der Waals surface area contributed by atoms with E-state index in [4.69, 9.17) is 11.6 Å². The highest BCUT2D eigenvalue weighted by atomic mass is 35.5. The monoisotopic (exact) mass is 394 g/mol. The Balaban J connectivity index is 1.99. The lowest BCUT2D eigenvalue weighted by atomic mass is 9.94. The van der Waals surface area contributed by atoms with Crippen molar-refractivity contribution in [2.45, 2.75) is 48.1 Å². The highest BCUT2D eigenvalue weighted by Crippen LogP contribution is 2.23. The van der Waals surface area contributed by atoms with Gasteiger partial charge in [0.15, 0.2) is 0 Å². The first-order chi connectivity index (χ1) is 12.5. The number of hydrogen-bond donors (Lipinski definition) is 0. The van der Waals surface area contributed by atoms with E-state index in [9.17, 15) is 9.59 Å². The number of piperazine rings is 1. The molecule has 1 aliphatic rings. The summed E-state index contributed by atoms with van der Waals surface area (Å²) in [6.07, 6.45) is 3.30. The van der Waals surface area contributed by atoms with Gasteiger partial charge in [0.25, 0.3) is 0 Å². The fraction of sp³-hybridized carbons (Fsp3) is 0.650. The summed E-state index contributed by atoms with van der Waals surface area (Å²) in [6, 6.07) is 0. The predicted molar refractivity (Wildman–Crippen MR) is 108 cm³/mol. The number of halogens is 1. The molecule has 0 bridgehead atoms. The summed E-state index contributed by atoms with van der Waals surface area (Å²) in [5, 5.41) is 5.02. The standard InChI is InChI=1S/C20H31ClN4O2/c1-14(2)13-25-18(21)16(15(3)22-25)7-8-17(26)23-9-11-24(12-10-23)19(27)20(4,5)6/h7-8,14H,9-13H2,1-6H3/b8-7+. The maximum Gasteiger partial charge on any atom is 0.246 e. The molecule has 0 aromatic carbocycles. The molecule has 1 saturated heterocycles. The van der Waals surface area contributed by atoms with E-state index < -0.39 is 5.41 Å². The van der Waals surface area contributed by atoms with Crippen molar-refractivity contribution >= 4 is 29.5 Å². The van der Waals surface area contributed by atoms with E-state index in [1.165, 1.54) is 0 Å². The van der Waals surface area contributed by atoms with Crippen molar-refractivity contribution in [1.82, 2.24) is 19.6 Å². The van der Waals surface area contributed by atoms with Gasteiger partial charge in [-0.3, -0.25) is 14.3 Å². The lowest BCUT2D eigenvalue weighted by Crippen LogP contribution is -2.52. The minimum atomic E-state index is -0.392. The summed E-state index contributed by atoms with van der Waals surface area (Å²) in [6.45, 7) is 14.8. The molecule has 1 aliphatic heterocycles. The van der Waals surface area contributed by atoms with E-state index in [-0.39, 0.29) is 11.8 Å². The number of nitrogens with zero attached hydrogens (tertiary/aromatic N) is 4. The lowest BCUT2D eigenvalue weighted by Gasteiger charge is -2.37. The normalized spacial score (nSPS) is 15.9. The number of rotatable bonds is 4. The molecule has 2 heterocycles. The lowest BCUT2D eigenvalue weighted by molar-refractivity contribution is -0.143. The highest BCUT2D eigenvalue weighted by molar-refractivity contribution is 6.31. The van der Waals surface area contributed by atoms with E-state index in [0.29, 0.717) is 37.3 Å². The highest BCUT2D eigenvalue weighted by Gasteiger charge is 2.30. The first kappa shape index (κ1) is 21.5. The average Bonchev–Trinajstić information content (AvgIpc) is 2.84. The third-order valence-corrected chi connectivity index (χ3v) is 4.96. The van der Waals surface area contributed by atoms with E-state index in [1.807, 2.05) is 32.6 Å². The Morgan fingerprint density at radius 1 is 1.15 bits per heavy atom. The third-order valence-electron chi connectivity index (χ3n) is 4.56. The number of amides is 2. The van der Waals surface area contributed by atoms with Crippen molar-refractivity contribution in [3.63, 3.8) is 0 Å². The van der Waals surface area contributed by atoms with Crippen LogP contribution in [0.15, 0.2) is 6.08 Å². The first-order valence-electron chi connectivity index (χ1n) is 9.50.